The summed E-state index contributed by atoms with van der Waals surface area (Å²) >= 11 is 6.00. The number of carbonyl (C=O) groups excluding carboxylic acids is 2. The van der Waals surface area contributed by atoms with E-state index in [1.165, 1.54) is 0 Å². The van der Waals surface area contributed by atoms with Crippen LogP contribution in [0.5, 0.6) is 5.75 Å². The molecule has 33 heavy (non-hydrogen) atoms. The Bertz CT molecular complexity index is 1040. The molecular weight excluding hydrogens is 436 g/mol. The van der Waals surface area contributed by atoms with Crippen molar-refractivity contribution in [2.24, 2.45) is 0 Å². The van der Waals surface area contributed by atoms with Crippen LogP contribution in [0.2, 0.25) is 5.02 Å². The van der Waals surface area contributed by atoms with E-state index in [4.69, 9.17) is 16.3 Å². The topological polar surface area (TPSA) is 58.6 Å². The first-order chi connectivity index (χ1) is 16.0. The number of carbonyl (C=O) groups is 2. The molecule has 5 nitrogen and oxygen atoms in total. The lowest BCUT2D eigenvalue weighted by atomic mass is 10.0. The van der Waals surface area contributed by atoms with Gasteiger partial charge in [0.25, 0.3) is 0 Å². The van der Waals surface area contributed by atoms with Gasteiger partial charge in [0.1, 0.15) is 11.8 Å². The second-order valence-electron chi connectivity index (χ2n) is 7.77. The molecule has 2 amide bonds. The van der Waals surface area contributed by atoms with Crippen molar-refractivity contribution >= 4 is 23.4 Å². The van der Waals surface area contributed by atoms with Crippen molar-refractivity contribution in [1.29, 1.82) is 0 Å². The van der Waals surface area contributed by atoms with Crippen molar-refractivity contribution in [2.75, 3.05) is 13.7 Å². The van der Waals surface area contributed by atoms with Crippen LogP contribution in [0.25, 0.3) is 0 Å². The molecule has 0 bridgehead atoms. The van der Waals surface area contributed by atoms with Crippen LogP contribution in [0.1, 0.15) is 23.6 Å². The average Bonchev–Trinajstić information content (AvgIpc) is 2.84. The predicted molar refractivity (Wildman–Crippen MR) is 131 cm³/mol. The molecule has 6 heteroatoms. The molecule has 3 aromatic rings. The van der Waals surface area contributed by atoms with Crippen molar-refractivity contribution in [3.05, 3.63) is 101 Å². The van der Waals surface area contributed by atoms with Gasteiger partial charge < -0.3 is 15.0 Å². The minimum Gasteiger partial charge on any atom is -0.497 e. The fourth-order valence-electron chi connectivity index (χ4n) is 3.65. The summed E-state index contributed by atoms with van der Waals surface area (Å²) in [7, 11) is 1.61. The largest absolute Gasteiger partial charge is 0.497 e. The van der Waals surface area contributed by atoms with Gasteiger partial charge in [-0.05, 0) is 47.9 Å². The van der Waals surface area contributed by atoms with Crippen molar-refractivity contribution in [3.8, 4) is 5.75 Å². The van der Waals surface area contributed by atoms with E-state index >= 15 is 0 Å². The predicted octanol–water partition coefficient (Wildman–Crippen LogP) is 4.67. The molecule has 0 aliphatic rings. The summed E-state index contributed by atoms with van der Waals surface area (Å²) in [5, 5.41) is 3.52. The van der Waals surface area contributed by atoms with E-state index in [-0.39, 0.29) is 18.2 Å². The molecule has 0 fully saturated rings. The summed E-state index contributed by atoms with van der Waals surface area (Å²) < 4.78 is 5.25. The first kappa shape index (κ1) is 24.3. The number of likely N-dealkylation sites (N-methyl/N-ethyl adjacent to an activating group) is 1. The van der Waals surface area contributed by atoms with Crippen LogP contribution in [0.15, 0.2) is 78.9 Å². The second-order valence-corrected chi connectivity index (χ2v) is 8.21. The van der Waals surface area contributed by atoms with E-state index in [1.54, 1.807) is 24.1 Å². The maximum absolute atomic E-state index is 13.6. The summed E-state index contributed by atoms with van der Waals surface area (Å²) in [4.78, 5) is 28.4. The molecule has 0 aromatic heterocycles. The Hall–Kier alpha value is -3.31. The highest BCUT2D eigenvalue weighted by atomic mass is 35.5. The number of nitrogens with one attached hydrogen (secondary N) is 1. The van der Waals surface area contributed by atoms with Crippen LogP contribution >= 0.6 is 11.6 Å². The van der Waals surface area contributed by atoms with Gasteiger partial charge in [-0.15, -0.1) is 0 Å². The first-order valence-electron chi connectivity index (χ1n) is 11.0. The smallest absolute Gasteiger partial charge is 0.243 e. The number of hydrogen-bond acceptors (Lipinski definition) is 3. The SMILES string of the molecule is CCNC(=O)[C@@H](Cc1ccccc1)N(Cc1ccc(OC)cc1)C(=O)Cc1ccc(Cl)cc1. The van der Waals surface area contributed by atoms with Crippen molar-refractivity contribution in [2.45, 2.75) is 32.4 Å². The molecule has 3 aromatic carbocycles. The lowest BCUT2D eigenvalue weighted by Crippen LogP contribution is -2.50. The average molecular weight is 465 g/mol. The van der Waals surface area contributed by atoms with Gasteiger partial charge >= 0.3 is 0 Å². The maximum Gasteiger partial charge on any atom is 0.243 e. The summed E-state index contributed by atoms with van der Waals surface area (Å²) in [6, 6.07) is 23.9. The summed E-state index contributed by atoms with van der Waals surface area (Å²) in [6.07, 6.45) is 0.604. The van der Waals surface area contributed by atoms with Crippen LogP contribution in [0.3, 0.4) is 0 Å². The molecule has 3 rings (SSSR count). The summed E-state index contributed by atoms with van der Waals surface area (Å²) in [5.41, 5.74) is 2.76. The number of benzene rings is 3. The normalized spacial score (nSPS) is 11.5. The third kappa shape index (κ3) is 7.09. The Morgan fingerprint density at radius 3 is 2.15 bits per heavy atom. The lowest BCUT2D eigenvalue weighted by molar-refractivity contribution is -0.140. The first-order valence-corrected chi connectivity index (χ1v) is 11.4. The Balaban J connectivity index is 1.93. The van der Waals surface area contributed by atoms with Gasteiger partial charge in [-0.3, -0.25) is 9.59 Å². The standard InChI is InChI=1S/C27H29ClN2O3/c1-3-29-27(32)25(17-20-7-5-4-6-8-20)30(19-22-11-15-24(33-2)16-12-22)26(31)18-21-9-13-23(28)14-10-21/h4-16,25H,3,17-19H2,1-2H3,(H,29,32)/t25-/m1/s1. The van der Waals surface area contributed by atoms with Gasteiger partial charge in [-0.25, -0.2) is 0 Å². The van der Waals surface area contributed by atoms with Crippen LogP contribution in [-0.2, 0) is 29.0 Å². The van der Waals surface area contributed by atoms with E-state index in [1.807, 2.05) is 73.7 Å². The summed E-state index contributed by atoms with van der Waals surface area (Å²) in [5.74, 6) is 0.446. The molecule has 0 aliphatic heterocycles. The van der Waals surface area contributed by atoms with E-state index in [0.29, 0.717) is 24.5 Å². The molecule has 1 atom stereocenters. The number of hydrogen-bond donors (Lipinski definition) is 1. The van der Waals surface area contributed by atoms with Crippen molar-refractivity contribution < 1.29 is 14.3 Å². The van der Waals surface area contributed by atoms with Gasteiger partial charge in [0.15, 0.2) is 0 Å². The molecule has 0 spiro atoms. The van der Waals surface area contributed by atoms with E-state index in [0.717, 1.165) is 22.4 Å². The highest BCUT2D eigenvalue weighted by Crippen LogP contribution is 2.19. The number of ether oxygens (including phenoxy) is 1. The molecule has 0 saturated carbocycles. The molecule has 172 valence electrons. The Kier molecular flexibility index (Phi) is 8.90. The number of methoxy groups -OCH3 is 1. The minimum absolute atomic E-state index is 0.125. The maximum atomic E-state index is 13.6. The van der Waals surface area contributed by atoms with Crippen LogP contribution < -0.4 is 10.1 Å². The molecule has 0 saturated heterocycles. The monoisotopic (exact) mass is 464 g/mol. The molecule has 0 aliphatic carbocycles. The number of rotatable bonds is 10. The van der Waals surface area contributed by atoms with Gasteiger partial charge in [-0.1, -0.05) is 66.2 Å². The fourth-order valence-corrected chi connectivity index (χ4v) is 3.78. The molecule has 0 heterocycles. The highest BCUT2D eigenvalue weighted by Gasteiger charge is 2.30. The summed E-state index contributed by atoms with van der Waals surface area (Å²) in [6.45, 7) is 2.68. The number of halogens is 1. The Labute approximate surface area is 200 Å². The van der Waals surface area contributed by atoms with Gasteiger partial charge in [0.2, 0.25) is 11.8 Å². The van der Waals surface area contributed by atoms with Crippen LogP contribution in [0, 0.1) is 0 Å². The Morgan fingerprint density at radius 1 is 0.909 bits per heavy atom. The van der Waals surface area contributed by atoms with Crippen LogP contribution in [-0.4, -0.2) is 36.4 Å². The van der Waals surface area contributed by atoms with Crippen molar-refractivity contribution in [1.82, 2.24) is 10.2 Å². The fraction of sp³-hybridized carbons (Fsp3) is 0.259. The molecule has 1 N–H and O–H groups in total. The zero-order chi connectivity index (χ0) is 23.6. The third-order valence-electron chi connectivity index (χ3n) is 5.40. The highest BCUT2D eigenvalue weighted by molar-refractivity contribution is 6.30. The molecule has 0 radical (unpaired) electrons. The Morgan fingerprint density at radius 2 is 1.55 bits per heavy atom. The van der Waals surface area contributed by atoms with Gasteiger partial charge in [-0.2, -0.15) is 0 Å². The molecule has 0 unspecified atom stereocenters. The van der Waals surface area contributed by atoms with Crippen LogP contribution in [0.4, 0.5) is 0 Å². The van der Waals surface area contributed by atoms with E-state index in [2.05, 4.69) is 5.32 Å². The van der Waals surface area contributed by atoms with E-state index in [9.17, 15) is 9.59 Å². The minimum atomic E-state index is -0.644. The number of amides is 2. The quantitative estimate of drug-likeness (QED) is 0.474. The number of nitrogens with zero attached hydrogens (tertiary/aromatic N) is 1. The van der Waals surface area contributed by atoms with Gasteiger partial charge in [0.05, 0.1) is 13.5 Å². The second kappa shape index (κ2) is 12.1. The lowest BCUT2D eigenvalue weighted by Gasteiger charge is -2.31. The van der Waals surface area contributed by atoms with Gasteiger partial charge in [0, 0.05) is 24.5 Å². The molecular formula is C27H29ClN2O3. The zero-order valence-corrected chi connectivity index (χ0v) is 19.7. The zero-order valence-electron chi connectivity index (χ0n) is 19.0. The van der Waals surface area contributed by atoms with Crippen molar-refractivity contribution in [3.63, 3.8) is 0 Å². The van der Waals surface area contributed by atoms with E-state index < -0.39 is 6.04 Å². The third-order valence-corrected chi connectivity index (χ3v) is 5.65.